The van der Waals surface area contributed by atoms with E-state index in [4.69, 9.17) is 4.74 Å². The van der Waals surface area contributed by atoms with Gasteiger partial charge in [0.2, 0.25) is 0 Å². The van der Waals surface area contributed by atoms with Crippen molar-refractivity contribution >= 4 is 29.1 Å². The number of ether oxygens (including phenoxy) is 1. The number of aliphatic hydroxyl groups excluding tert-OH is 1. The van der Waals surface area contributed by atoms with Crippen molar-refractivity contribution in [1.29, 1.82) is 0 Å². The van der Waals surface area contributed by atoms with Gasteiger partial charge in [-0.3, -0.25) is 23.9 Å². The normalized spacial score (nSPS) is 18.3. The van der Waals surface area contributed by atoms with Crippen molar-refractivity contribution in [3.8, 4) is 11.4 Å². The van der Waals surface area contributed by atoms with Gasteiger partial charge in [0, 0.05) is 42.1 Å². The van der Waals surface area contributed by atoms with E-state index in [1.807, 2.05) is 0 Å². The summed E-state index contributed by atoms with van der Waals surface area (Å²) in [6.07, 6.45) is -2.52. The van der Waals surface area contributed by atoms with E-state index in [0.29, 0.717) is 24.3 Å². The minimum Gasteiger partial charge on any atom is -0.380 e. The van der Waals surface area contributed by atoms with E-state index in [1.54, 1.807) is 17.0 Å². The number of hydrogen-bond acceptors (Lipinski definition) is 8. The van der Waals surface area contributed by atoms with E-state index in [1.165, 1.54) is 23.1 Å². The average molecular weight is 511 g/mol. The first kappa shape index (κ1) is 24.3. The van der Waals surface area contributed by atoms with Crippen LogP contribution in [-0.2, 0) is 14.3 Å². The van der Waals surface area contributed by atoms with Gasteiger partial charge in [0.05, 0.1) is 6.61 Å². The third kappa shape index (κ3) is 4.99. The lowest BCUT2D eigenvalue weighted by atomic mass is 10.1. The first-order valence-electron chi connectivity index (χ1n) is 11.5. The fraction of sp³-hybridized carbons (Fsp3) is 0.292. The second-order valence-electron chi connectivity index (χ2n) is 8.58. The van der Waals surface area contributed by atoms with Crippen LogP contribution in [0.3, 0.4) is 0 Å². The number of aromatic nitrogens is 2. The number of morpholine rings is 1. The maximum atomic E-state index is 14.3. The number of carbonyl (C=O) groups is 3. The Morgan fingerprint density at radius 1 is 1.14 bits per heavy atom. The molecule has 0 radical (unpaired) electrons. The Kier molecular flexibility index (Phi) is 6.54. The molecule has 3 N–H and O–H groups in total. The Morgan fingerprint density at radius 2 is 1.89 bits per heavy atom. The Labute approximate surface area is 208 Å². The summed E-state index contributed by atoms with van der Waals surface area (Å²) in [6.45, 7) is 1.22. The Bertz CT molecular complexity index is 1400. The first-order chi connectivity index (χ1) is 17.8. The number of likely N-dealkylation sites (tertiary alicyclic amines) is 1. The number of hydrogen-bond donors (Lipinski definition) is 3. The Balaban J connectivity index is 1.27. The number of nitrogens with one attached hydrogen (secondary N) is 2. The number of nitrogens with zero attached hydrogens (tertiary/aromatic N) is 3. The molecule has 2 aromatic carbocycles. The molecule has 12 nitrogen and oxygen atoms in total. The summed E-state index contributed by atoms with van der Waals surface area (Å²) < 4.78 is 24.2. The van der Waals surface area contributed by atoms with Gasteiger partial charge in [0.15, 0.2) is 18.0 Å². The zero-order valence-electron chi connectivity index (χ0n) is 19.3. The number of halogens is 1. The van der Waals surface area contributed by atoms with Gasteiger partial charge in [-0.25, -0.2) is 9.18 Å². The van der Waals surface area contributed by atoms with Gasteiger partial charge < -0.3 is 25.0 Å². The molecule has 3 amide bonds. The molecule has 13 heteroatoms. The predicted octanol–water partition coefficient (Wildman–Crippen LogP) is 0.746. The van der Waals surface area contributed by atoms with Crippen LogP contribution < -0.4 is 16.0 Å². The van der Waals surface area contributed by atoms with E-state index in [9.17, 15) is 28.7 Å². The molecule has 192 valence electrons. The zero-order chi connectivity index (χ0) is 26.1. The van der Waals surface area contributed by atoms with Gasteiger partial charge in [-0.05, 0) is 48.9 Å². The van der Waals surface area contributed by atoms with Crippen LogP contribution in [0, 0.1) is 5.82 Å². The van der Waals surface area contributed by atoms with E-state index in [2.05, 4.69) is 20.0 Å². The highest BCUT2D eigenvalue weighted by Crippen LogP contribution is 2.25. The fourth-order valence-corrected chi connectivity index (χ4v) is 4.06. The molecule has 0 unspecified atom stereocenters. The Hall–Kier alpha value is -4.36. The average Bonchev–Trinajstić information content (AvgIpc) is 3.29. The minimum absolute atomic E-state index is 0.0166. The van der Waals surface area contributed by atoms with Gasteiger partial charge in [0.25, 0.3) is 17.7 Å². The van der Waals surface area contributed by atoms with Gasteiger partial charge in [-0.2, -0.15) is 0 Å². The van der Waals surface area contributed by atoms with Crippen LogP contribution in [0.25, 0.3) is 11.4 Å². The number of anilines is 2. The van der Waals surface area contributed by atoms with E-state index in [-0.39, 0.29) is 36.1 Å². The number of rotatable bonds is 6. The van der Waals surface area contributed by atoms with E-state index in [0.717, 1.165) is 18.6 Å². The SMILES string of the molecule is O=C(Nc1ccc(-c2noc(=O)[nH]2)cc1)[C@H](O)[C@H]1OCCN(c2cc(F)cc(C(=O)N3CCC3)c2)C1=O. The van der Waals surface area contributed by atoms with Crippen molar-refractivity contribution in [3.05, 3.63) is 64.4 Å². The summed E-state index contributed by atoms with van der Waals surface area (Å²) >= 11 is 0. The highest BCUT2D eigenvalue weighted by molar-refractivity contribution is 6.04. The van der Waals surface area contributed by atoms with E-state index < -0.39 is 35.6 Å². The Morgan fingerprint density at radius 3 is 2.54 bits per heavy atom. The molecule has 2 atom stereocenters. The monoisotopic (exact) mass is 511 g/mol. The molecule has 0 saturated carbocycles. The van der Waals surface area contributed by atoms with Crippen molar-refractivity contribution in [1.82, 2.24) is 15.0 Å². The van der Waals surface area contributed by atoms with Gasteiger partial charge >= 0.3 is 5.76 Å². The molecular weight excluding hydrogens is 489 g/mol. The van der Waals surface area contributed by atoms with Crippen molar-refractivity contribution in [2.24, 2.45) is 0 Å². The highest BCUT2D eigenvalue weighted by atomic mass is 19.1. The highest BCUT2D eigenvalue weighted by Gasteiger charge is 2.39. The third-order valence-corrected chi connectivity index (χ3v) is 6.13. The van der Waals surface area contributed by atoms with Crippen LogP contribution in [0.1, 0.15) is 16.8 Å². The number of H-pyrrole nitrogens is 1. The van der Waals surface area contributed by atoms with Crippen LogP contribution in [0.15, 0.2) is 51.8 Å². The number of aliphatic hydroxyl groups is 1. The van der Waals surface area contributed by atoms with Gasteiger partial charge in [0.1, 0.15) is 5.82 Å². The molecule has 0 spiro atoms. The number of benzene rings is 2. The van der Waals surface area contributed by atoms with E-state index >= 15 is 0 Å². The van der Waals surface area contributed by atoms with Crippen LogP contribution in [0.5, 0.6) is 0 Å². The lowest BCUT2D eigenvalue weighted by Gasteiger charge is -2.35. The summed E-state index contributed by atoms with van der Waals surface area (Å²) in [7, 11) is 0. The molecule has 2 fully saturated rings. The molecule has 2 aliphatic rings. The van der Waals surface area contributed by atoms with Crippen LogP contribution in [0.2, 0.25) is 0 Å². The lowest BCUT2D eigenvalue weighted by molar-refractivity contribution is -0.150. The second-order valence-corrected chi connectivity index (χ2v) is 8.58. The van der Waals surface area contributed by atoms with Crippen molar-refractivity contribution in [2.45, 2.75) is 18.6 Å². The second kappa shape index (κ2) is 9.95. The molecule has 37 heavy (non-hydrogen) atoms. The van der Waals surface area contributed by atoms with Crippen LogP contribution in [0.4, 0.5) is 15.8 Å². The molecule has 2 saturated heterocycles. The predicted molar refractivity (Wildman–Crippen MR) is 126 cm³/mol. The summed E-state index contributed by atoms with van der Waals surface area (Å²) in [4.78, 5) is 54.6. The number of aromatic amines is 1. The summed E-state index contributed by atoms with van der Waals surface area (Å²) in [6, 6.07) is 9.77. The number of amides is 3. The zero-order valence-corrected chi connectivity index (χ0v) is 19.3. The standard InChI is InChI=1S/C24H22FN5O7/c25-15-10-14(22(33)29-6-1-7-29)11-17(12-15)30-8-9-36-19(23(30)34)18(31)21(32)26-16-4-2-13(3-5-16)20-27-24(35)37-28-20/h2-5,10-12,18-19,31H,1,6-9H2,(H,26,32)(H,27,28,35)/t18-,19-/m1/s1. The van der Waals surface area contributed by atoms with Crippen molar-refractivity contribution < 1.29 is 33.1 Å². The van der Waals surface area contributed by atoms with Gasteiger partial charge in [-0.1, -0.05) is 5.16 Å². The van der Waals surface area contributed by atoms with Crippen molar-refractivity contribution in [2.75, 3.05) is 36.5 Å². The van der Waals surface area contributed by atoms with Crippen molar-refractivity contribution in [3.63, 3.8) is 0 Å². The third-order valence-electron chi connectivity index (χ3n) is 6.13. The molecule has 5 rings (SSSR count). The smallest absolute Gasteiger partial charge is 0.380 e. The fourth-order valence-electron chi connectivity index (χ4n) is 4.06. The lowest BCUT2D eigenvalue weighted by Crippen LogP contribution is -2.55. The summed E-state index contributed by atoms with van der Waals surface area (Å²) in [5, 5.41) is 16.7. The number of carbonyl (C=O) groups excluding carboxylic acids is 3. The molecule has 3 heterocycles. The maximum Gasteiger partial charge on any atom is 0.439 e. The minimum atomic E-state index is -1.86. The molecular formula is C24H22FN5O7. The van der Waals surface area contributed by atoms with Gasteiger partial charge in [-0.15, -0.1) is 0 Å². The van der Waals surface area contributed by atoms with Crippen LogP contribution >= 0.6 is 0 Å². The topological polar surface area (TPSA) is 158 Å². The summed E-state index contributed by atoms with van der Waals surface area (Å²) in [5.41, 5.74) is 1.07. The molecule has 2 aliphatic heterocycles. The quantitative estimate of drug-likeness (QED) is 0.437. The summed E-state index contributed by atoms with van der Waals surface area (Å²) in [5.74, 6) is -3.16. The largest absolute Gasteiger partial charge is 0.439 e. The molecule has 3 aromatic rings. The first-order valence-corrected chi connectivity index (χ1v) is 11.5. The molecule has 0 bridgehead atoms. The maximum absolute atomic E-state index is 14.3. The molecule has 0 aliphatic carbocycles. The molecule has 1 aromatic heterocycles. The van der Waals surface area contributed by atoms with Crippen LogP contribution in [-0.4, -0.2) is 76.3 Å².